The minimum absolute atomic E-state index is 0.0155. The number of aromatic nitrogens is 4. The number of benzene rings is 1. The third-order valence-corrected chi connectivity index (χ3v) is 5.97. The Balaban J connectivity index is 1.53. The fraction of sp³-hybridized carbons (Fsp3) is 0.400. The molecule has 13 heteroatoms. The number of alkyl halides is 3. The fourth-order valence-corrected chi connectivity index (χ4v) is 4.14. The van der Waals surface area contributed by atoms with Gasteiger partial charge < -0.3 is 14.1 Å². The van der Waals surface area contributed by atoms with Gasteiger partial charge in [0.15, 0.2) is 6.10 Å². The van der Waals surface area contributed by atoms with E-state index < -0.39 is 34.7 Å². The Labute approximate surface area is 190 Å². The number of hydrogen-bond acceptors (Lipinski definition) is 9. The van der Waals surface area contributed by atoms with Gasteiger partial charge in [0.25, 0.3) is 11.8 Å². The summed E-state index contributed by atoms with van der Waals surface area (Å²) in [5, 5.41) is 20.8. The van der Waals surface area contributed by atoms with Crippen molar-refractivity contribution in [2.45, 2.75) is 39.6 Å². The highest BCUT2D eigenvalue weighted by atomic mass is 32.1. The summed E-state index contributed by atoms with van der Waals surface area (Å²) in [5.74, 6) is -0.134. The second kappa shape index (κ2) is 8.11. The standard InChI is InChI=1S/C20H17F3N6O3S/c1-10-15(33-28-25-10)17-27-26-14(32-17)8-29-9-19(2,3)16(18(29)30)31-12-5-4-11(7-24)13(6-12)20(21,22)23/h4-6,16H,8-9H2,1-3H3. The molecule has 1 amide bonds. The van der Waals surface area contributed by atoms with Crippen molar-refractivity contribution < 1.29 is 27.1 Å². The van der Waals surface area contributed by atoms with Gasteiger partial charge in [-0.15, -0.1) is 15.3 Å². The normalized spacial score (nSPS) is 17.9. The van der Waals surface area contributed by atoms with Crippen molar-refractivity contribution >= 4 is 17.4 Å². The number of nitriles is 1. The molecule has 9 nitrogen and oxygen atoms in total. The SMILES string of the molecule is Cc1nnsc1-c1nnc(CN2CC(C)(C)C(Oc3ccc(C#N)c(C(F)(F)F)c3)C2=O)o1. The number of hydrogen-bond donors (Lipinski definition) is 0. The Morgan fingerprint density at radius 2 is 2.09 bits per heavy atom. The van der Waals surface area contributed by atoms with E-state index in [1.807, 2.05) is 0 Å². The maximum atomic E-state index is 13.3. The van der Waals surface area contributed by atoms with Gasteiger partial charge in [-0.05, 0) is 36.7 Å². The Kier molecular flexibility index (Phi) is 5.57. The van der Waals surface area contributed by atoms with Gasteiger partial charge in [0.1, 0.15) is 10.6 Å². The molecule has 1 saturated heterocycles. The fourth-order valence-electron chi connectivity index (χ4n) is 3.56. The van der Waals surface area contributed by atoms with E-state index in [2.05, 4.69) is 19.8 Å². The summed E-state index contributed by atoms with van der Waals surface area (Å²) in [4.78, 5) is 15.1. The van der Waals surface area contributed by atoms with Crippen LogP contribution in [0.4, 0.5) is 13.2 Å². The highest BCUT2D eigenvalue weighted by Gasteiger charge is 2.48. The number of carbonyl (C=O) groups is 1. The number of halogens is 3. The van der Waals surface area contributed by atoms with Crippen LogP contribution in [0.25, 0.3) is 10.8 Å². The molecule has 0 spiro atoms. The van der Waals surface area contributed by atoms with E-state index >= 15 is 0 Å². The molecule has 1 atom stereocenters. The number of rotatable bonds is 5. The Morgan fingerprint density at radius 3 is 2.73 bits per heavy atom. The lowest BCUT2D eigenvalue weighted by Gasteiger charge is -2.24. The molecule has 1 unspecified atom stereocenters. The van der Waals surface area contributed by atoms with Crippen molar-refractivity contribution in [2.75, 3.05) is 6.54 Å². The first-order valence-electron chi connectivity index (χ1n) is 9.68. The smallest absolute Gasteiger partial charge is 0.417 e. The number of carbonyl (C=O) groups excluding carboxylic acids is 1. The average Bonchev–Trinajstić information content (AvgIpc) is 3.42. The summed E-state index contributed by atoms with van der Waals surface area (Å²) in [6.07, 6.45) is -5.77. The Hall–Kier alpha value is -3.53. The van der Waals surface area contributed by atoms with Crippen LogP contribution in [0.5, 0.6) is 5.75 Å². The maximum Gasteiger partial charge on any atom is 0.417 e. The molecule has 0 aliphatic carbocycles. The number of likely N-dealkylation sites (tertiary alicyclic amines) is 1. The van der Waals surface area contributed by atoms with Crippen molar-refractivity contribution in [3.8, 4) is 22.6 Å². The summed E-state index contributed by atoms with van der Waals surface area (Å²) < 4.78 is 55.0. The zero-order chi connectivity index (χ0) is 24.0. The second-order valence-electron chi connectivity index (χ2n) is 8.19. The van der Waals surface area contributed by atoms with Crippen LogP contribution in [0, 0.1) is 23.7 Å². The first-order valence-corrected chi connectivity index (χ1v) is 10.5. The largest absolute Gasteiger partial charge is 0.480 e. The predicted octanol–water partition coefficient (Wildman–Crippen LogP) is 3.60. The van der Waals surface area contributed by atoms with E-state index in [4.69, 9.17) is 14.4 Å². The molecule has 3 heterocycles. The zero-order valence-electron chi connectivity index (χ0n) is 17.7. The van der Waals surface area contributed by atoms with Gasteiger partial charge in [0.05, 0.1) is 29.4 Å². The number of aryl methyl sites for hydroxylation is 1. The minimum atomic E-state index is -4.73. The minimum Gasteiger partial charge on any atom is -0.480 e. The molecular weight excluding hydrogens is 461 g/mol. The quantitative estimate of drug-likeness (QED) is 0.546. The summed E-state index contributed by atoms with van der Waals surface area (Å²) in [6.45, 7) is 5.58. The molecule has 3 aromatic rings. The van der Waals surface area contributed by atoms with Crippen LogP contribution in [-0.4, -0.2) is 43.2 Å². The molecule has 33 heavy (non-hydrogen) atoms. The maximum absolute atomic E-state index is 13.3. The molecule has 1 aliphatic rings. The summed E-state index contributed by atoms with van der Waals surface area (Å²) in [5.41, 5.74) is -1.71. The third-order valence-electron chi connectivity index (χ3n) is 5.15. The molecule has 1 aliphatic heterocycles. The molecule has 1 fully saturated rings. The van der Waals surface area contributed by atoms with E-state index in [0.29, 0.717) is 10.6 Å². The lowest BCUT2D eigenvalue weighted by Crippen LogP contribution is -2.36. The van der Waals surface area contributed by atoms with E-state index in [0.717, 1.165) is 23.7 Å². The molecule has 2 aromatic heterocycles. The van der Waals surface area contributed by atoms with E-state index in [-0.39, 0.29) is 30.6 Å². The highest BCUT2D eigenvalue weighted by molar-refractivity contribution is 7.09. The molecule has 172 valence electrons. The molecule has 1 aromatic carbocycles. The van der Waals surface area contributed by atoms with Crippen LogP contribution < -0.4 is 4.74 Å². The second-order valence-corrected chi connectivity index (χ2v) is 8.94. The van der Waals surface area contributed by atoms with E-state index in [1.54, 1.807) is 20.8 Å². The van der Waals surface area contributed by atoms with Crippen LogP contribution in [-0.2, 0) is 17.5 Å². The van der Waals surface area contributed by atoms with Crippen molar-refractivity contribution in [1.82, 2.24) is 24.7 Å². The average molecular weight is 478 g/mol. The number of amides is 1. The van der Waals surface area contributed by atoms with Gasteiger partial charge in [-0.1, -0.05) is 18.3 Å². The van der Waals surface area contributed by atoms with Crippen molar-refractivity contribution in [3.63, 3.8) is 0 Å². The van der Waals surface area contributed by atoms with Crippen LogP contribution in [0.2, 0.25) is 0 Å². The lowest BCUT2D eigenvalue weighted by atomic mass is 9.89. The Bertz CT molecular complexity index is 1250. The van der Waals surface area contributed by atoms with Gasteiger partial charge in [-0.3, -0.25) is 4.79 Å². The molecule has 0 saturated carbocycles. The lowest BCUT2D eigenvalue weighted by molar-refractivity contribution is -0.138. The van der Waals surface area contributed by atoms with Gasteiger partial charge in [-0.2, -0.15) is 18.4 Å². The van der Waals surface area contributed by atoms with Gasteiger partial charge in [0.2, 0.25) is 5.89 Å². The first-order chi connectivity index (χ1) is 15.5. The van der Waals surface area contributed by atoms with Crippen molar-refractivity contribution in [2.24, 2.45) is 5.41 Å². The van der Waals surface area contributed by atoms with E-state index in [9.17, 15) is 18.0 Å². The third kappa shape index (κ3) is 4.38. The van der Waals surface area contributed by atoms with Crippen LogP contribution in [0.1, 0.15) is 36.6 Å². The van der Waals surface area contributed by atoms with E-state index in [1.165, 1.54) is 17.0 Å². The first kappa shape index (κ1) is 22.7. The number of nitrogens with zero attached hydrogens (tertiary/aromatic N) is 6. The molecule has 0 N–H and O–H groups in total. The highest BCUT2D eigenvalue weighted by Crippen LogP contribution is 2.38. The molecule has 4 rings (SSSR count). The van der Waals surface area contributed by atoms with Crippen molar-refractivity contribution in [3.05, 3.63) is 40.9 Å². The monoisotopic (exact) mass is 478 g/mol. The molecule has 0 bridgehead atoms. The summed E-state index contributed by atoms with van der Waals surface area (Å²) in [6, 6.07) is 4.53. The molecule has 0 radical (unpaired) electrons. The van der Waals surface area contributed by atoms with Crippen LogP contribution >= 0.6 is 11.5 Å². The zero-order valence-corrected chi connectivity index (χ0v) is 18.5. The van der Waals surface area contributed by atoms with Gasteiger partial charge in [-0.25, -0.2) is 0 Å². The predicted molar refractivity (Wildman–Crippen MR) is 108 cm³/mol. The topological polar surface area (TPSA) is 118 Å². The van der Waals surface area contributed by atoms with Crippen molar-refractivity contribution in [1.29, 1.82) is 5.26 Å². The van der Waals surface area contributed by atoms with Crippen LogP contribution in [0.3, 0.4) is 0 Å². The number of ether oxygens (including phenoxy) is 1. The van der Waals surface area contributed by atoms with Gasteiger partial charge >= 0.3 is 6.18 Å². The Morgan fingerprint density at radius 1 is 1.33 bits per heavy atom. The van der Waals surface area contributed by atoms with Crippen LogP contribution in [0.15, 0.2) is 22.6 Å². The summed E-state index contributed by atoms with van der Waals surface area (Å²) in [7, 11) is 0. The summed E-state index contributed by atoms with van der Waals surface area (Å²) >= 11 is 1.11. The van der Waals surface area contributed by atoms with Gasteiger partial charge in [0, 0.05) is 12.0 Å². The molecular formula is C20H17F3N6O3S.